The average molecular weight is 198 g/mol. The van der Waals surface area contributed by atoms with Crippen molar-refractivity contribution in [2.24, 2.45) is 0 Å². The number of hydrogen-bond acceptors (Lipinski definition) is 4. The summed E-state index contributed by atoms with van der Waals surface area (Å²) in [6.45, 7) is 4.05. The molecule has 2 N–H and O–H groups in total. The van der Waals surface area contributed by atoms with E-state index in [1.807, 2.05) is 6.92 Å². The van der Waals surface area contributed by atoms with E-state index in [1.165, 1.54) is 0 Å². The molecule has 0 aromatic carbocycles. The molecule has 1 atom stereocenters. The molecule has 1 aromatic heterocycles. The predicted octanol–water partition coefficient (Wildman–Crippen LogP) is -0.122. The van der Waals surface area contributed by atoms with Gasteiger partial charge in [-0.2, -0.15) is 0 Å². The molecule has 1 aromatic rings. The lowest BCUT2D eigenvalue weighted by Crippen LogP contribution is -2.36. The average Bonchev–Trinajstić information content (AvgIpc) is 2.52. The number of nitrogens with one attached hydrogen (secondary N) is 2. The van der Waals surface area contributed by atoms with Gasteiger partial charge in [-0.05, 0) is 13.8 Å². The normalized spacial score (nSPS) is 12.5. The summed E-state index contributed by atoms with van der Waals surface area (Å²) in [7, 11) is 1.58. The Kier molecular flexibility index (Phi) is 3.58. The zero-order valence-electron chi connectivity index (χ0n) is 8.50. The number of carbonyl (C=O) groups excluding carboxylic acids is 1. The summed E-state index contributed by atoms with van der Waals surface area (Å²) in [4.78, 5) is 15.3. The maximum atomic E-state index is 11.4. The number of aryl methyl sites for hydroxylation is 1. The van der Waals surface area contributed by atoms with Crippen LogP contribution in [0.3, 0.4) is 0 Å². The van der Waals surface area contributed by atoms with E-state index >= 15 is 0 Å². The van der Waals surface area contributed by atoms with Crippen molar-refractivity contribution in [1.82, 2.24) is 20.5 Å². The first-order valence-corrected chi connectivity index (χ1v) is 4.32. The van der Waals surface area contributed by atoms with Gasteiger partial charge in [0.05, 0.1) is 6.61 Å². The van der Waals surface area contributed by atoms with Crippen LogP contribution in [0.25, 0.3) is 0 Å². The quantitative estimate of drug-likeness (QED) is 0.706. The van der Waals surface area contributed by atoms with Crippen LogP contribution in [0.1, 0.15) is 23.4 Å². The topological polar surface area (TPSA) is 79.9 Å². The van der Waals surface area contributed by atoms with Gasteiger partial charge in [0.25, 0.3) is 5.91 Å². The molecule has 0 spiro atoms. The van der Waals surface area contributed by atoms with E-state index in [-0.39, 0.29) is 17.8 Å². The molecule has 0 saturated heterocycles. The molecular weight excluding hydrogens is 184 g/mol. The standard InChI is InChI=1S/C8H14N4O2/c1-5(4-14-3)9-8(13)7-10-6(2)11-12-7/h5H,4H2,1-3H3,(H,9,13)(H,10,11,12). The number of rotatable bonds is 4. The van der Waals surface area contributed by atoms with Gasteiger partial charge in [0.2, 0.25) is 5.82 Å². The molecule has 0 fully saturated rings. The third-order valence-electron chi connectivity index (χ3n) is 1.59. The molecule has 0 radical (unpaired) electrons. The van der Waals surface area contributed by atoms with Crippen molar-refractivity contribution in [3.8, 4) is 0 Å². The van der Waals surface area contributed by atoms with E-state index in [0.717, 1.165) is 0 Å². The highest BCUT2D eigenvalue weighted by Crippen LogP contribution is 1.92. The Morgan fingerprint density at radius 1 is 1.71 bits per heavy atom. The summed E-state index contributed by atoms with van der Waals surface area (Å²) < 4.78 is 4.88. The van der Waals surface area contributed by atoms with Gasteiger partial charge in [0.15, 0.2) is 0 Å². The fraction of sp³-hybridized carbons (Fsp3) is 0.625. The molecule has 0 aliphatic rings. The molecule has 1 rings (SSSR count). The summed E-state index contributed by atoms with van der Waals surface area (Å²) in [6.07, 6.45) is 0. The Morgan fingerprint density at radius 2 is 2.43 bits per heavy atom. The number of aromatic amines is 1. The van der Waals surface area contributed by atoms with E-state index in [4.69, 9.17) is 4.74 Å². The van der Waals surface area contributed by atoms with Crippen LogP contribution in [0.4, 0.5) is 0 Å². The third-order valence-corrected chi connectivity index (χ3v) is 1.59. The molecule has 6 nitrogen and oxygen atoms in total. The second-order valence-electron chi connectivity index (χ2n) is 3.07. The maximum Gasteiger partial charge on any atom is 0.291 e. The Morgan fingerprint density at radius 3 is 2.93 bits per heavy atom. The lowest BCUT2D eigenvalue weighted by Gasteiger charge is -2.10. The van der Waals surface area contributed by atoms with Crippen LogP contribution in [-0.2, 0) is 4.74 Å². The first-order chi connectivity index (χ1) is 6.63. The van der Waals surface area contributed by atoms with Crippen LogP contribution in [0.5, 0.6) is 0 Å². The molecule has 14 heavy (non-hydrogen) atoms. The largest absolute Gasteiger partial charge is 0.383 e. The van der Waals surface area contributed by atoms with Crippen molar-refractivity contribution in [3.05, 3.63) is 11.6 Å². The number of ether oxygens (including phenoxy) is 1. The van der Waals surface area contributed by atoms with Crippen LogP contribution >= 0.6 is 0 Å². The fourth-order valence-corrected chi connectivity index (χ4v) is 1.02. The van der Waals surface area contributed by atoms with Crippen molar-refractivity contribution < 1.29 is 9.53 Å². The van der Waals surface area contributed by atoms with E-state index in [2.05, 4.69) is 20.5 Å². The summed E-state index contributed by atoms with van der Waals surface area (Å²) in [5.74, 6) is 0.485. The SMILES string of the molecule is COCC(C)NC(=O)c1n[nH]c(C)n1. The Hall–Kier alpha value is -1.43. The molecule has 0 aliphatic carbocycles. The van der Waals surface area contributed by atoms with Crippen molar-refractivity contribution in [2.45, 2.75) is 19.9 Å². The molecule has 1 unspecified atom stereocenters. The molecule has 0 saturated carbocycles. The minimum atomic E-state index is -0.293. The monoisotopic (exact) mass is 198 g/mol. The first kappa shape index (κ1) is 10.6. The lowest BCUT2D eigenvalue weighted by atomic mass is 10.3. The number of H-pyrrole nitrogens is 1. The van der Waals surface area contributed by atoms with E-state index < -0.39 is 0 Å². The summed E-state index contributed by atoms with van der Waals surface area (Å²) >= 11 is 0. The molecule has 0 bridgehead atoms. The van der Waals surface area contributed by atoms with E-state index in [9.17, 15) is 4.79 Å². The maximum absolute atomic E-state index is 11.4. The van der Waals surface area contributed by atoms with Gasteiger partial charge in [-0.1, -0.05) is 0 Å². The molecule has 0 aliphatic heterocycles. The number of methoxy groups -OCH3 is 1. The summed E-state index contributed by atoms with van der Waals surface area (Å²) in [6, 6.07) is -0.0497. The zero-order chi connectivity index (χ0) is 10.6. The fourth-order valence-electron chi connectivity index (χ4n) is 1.02. The van der Waals surface area contributed by atoms with Gasteiger partial charge in [-0.25, -0.2) is 4.98 Å². The predicted molar refractivity (Wildman–Crippen MR) is 49.9 cm³/mol. The smallest absolute Gasteiger partial charge is 0.291 e. The molecule has 1 amide bonds. The zero-order valence-corrected chi connectivity index (χ0v) is 8.50. The molecular formula is C8H14N4O2. The minimum Gasteiger partial charge on any atom is -0.383 e. The van der Waals surface area contributed by atoms with Crippen LogP contribution in [0.2, 0.25) is 0 Å². The molecule has 1 heterocycles. The van der Waals surface area contributed by atoms with Crippen LogP contribution < -0.4 is 5.32 Å². The highest BCUT2D eigenvalue weighted by molar-refractivity contribution is 5.90. The second kappa shape index (κ2) is 4.71. The molecule has 78 valence electrons. The van der Waals surface area contributed by atoms with Crippen molar-refractivity contribution in [1.29, 1.82) is 0 Å². The lowest BCUT2D eigenvalue weighted by molar-refractivity contribution is 0.0895. The van der Waals surface area contributed by atoms with E-state index in [1.54, 1.807) is 14.0 Å². The number of hydrogen-bond donors (Lipinski definition) is 2. The van der Waals surface area contributed by atoms with Gasteiger partial charge in [0.1, 0.15) is 5.82 Å². The van der Waals surface area contributed by atoms with Crippen molar-refractivity contribution in [2.75, 3.05) is 13.7 Å². The third kappa shape index (κ3) is 2.81. The van der Waals surface area contributed by atoms with Crippen molar-refractivity contribution in [3.63, 3.8) is 0 Å². The van der Waals surface area contributed by atoms with E-state index in [0.29, 0.717) is 12.4 Å². The van der Waals surface area contributed by atoms with Crippen LogP contribution in [0, 0.1) is 6.92 Å². The number of carbonyl (C=O) groups is 1. The highest BCUT2D eigenvalue weighted by Gasteiger charge is 2.13. The van der Waals surface area contributed by atoms with Crippen molar-refractivity contribution >= 4 is 5.91 Å². The van der Waals surface area contributed by atoms with Crippen LogP contribution in [0.15, 0.2) is 0 Å². The number of aromatic nitrogens is 3. The van der Waals surface area contributed by atoms with Gasteiger partial charge in [-0.3, -0.25) is 9.89 Å². The number of amides is 1. The van der Waals surface area contributed by atoms with Crippen LogP contribution in [-0.4, -0.2) is 40.8 Å². The minimum absolute atomic E-state index is 0.0497. The first-order valence-electron chi connectivity index (χ1n) is 4.32. The molecule has 6 heteroatoms. The Labute approximate surface area is 82.1 Å². The number of nitrogens with zero attached hydrogens (tertiary/aromatic N) is 2. The second-order valence-corrected chi connectivity index (χ2v) is 3.07. The van der Waals surface area contributed by atoms with Gasteiger partial charge in [-0.15, -0.1) is 5.10 Å². The van der Waals surface area contributed by atoms with Gasteiger partial charge < -0.3 is 10.1 Å². The van der Waals surface area contributed by atoms with Gasteiger partial charge >= 0.3 is 0 Å². The highest BCUT2D eigenvalue weighted by atomic mass is 16.5. The Bertz CT molecular complexity index is 310. The Balaban J connectivity index is 2.50. The summed E-state index contributed by atoms with van der Waals surface area (Å²) in [5.41, 5.74) is 0. The van der Waals surface area contributed by atoms with Gasteiger partial charge in [0, 0.05) is 13.2 Å². The summed E-state index contributed by atoms with van der Waals surface area (Å²) in [5, 5.41) is 9.04.